The third kappa shape index (κ3) is 1.92. The summed E-state index contributed by atoms with van der Waals surface area (Å²) >= 11 is 3.48. The van der Waals surface area contributed by atoms with E-state index in [-0.39, 0.29) is 0 Å². The van der Waals surface area contributed by atoms with Crippen molar-refractivity contribution < 1.29 is 9.47 Å². The van der Waals surface area contributed by atoms with E-state index in [9.17, 15) is 0 Å². The molecule has 2 N–H and O–H groups in total. The summed E-state index contributed by atoms with van der Waals surface area (Å²) in [5.41, 5.74) is 7.82. The van der Waals surface area contributed by atoms with Crippen molar-refractivity contribution in [1.82, 2.24) is 0 Å². The van der Waals surface area contributed by atoms with Crippen LogP contribution in [0.3, 0.4) is 0 Å². The average Bonchev–Trinajstić information content (AvgIpc) is 2.18. The Labute approximate surface area is 91.3 Å². The molecule has 0 amide bonds. The normalized spacial score (nSPS) is 14.7. The van der Waals surface area contributed by atoms with Crippen molar-refractivity contribution in [3.05, 3.63) is 27.7 Å². The van der Waals surface area contributed by atoms with Crippen LogP contribution in [0.4, 0.5) is 0 Å². The minimum absolute atomic E-state index is 0.335. The molecule has 0 aromatic heterocycles. The number of benzene rings is 1. The molecule has 3 nitrogen and oxygen atoms in total. The SMILES string of the molecule is NCCc1cc(Br)c2c(c1)COCO2. The van der Waals surface area contributed by atoms with Crippen LogP contribution in [0.1, 0.15) is 11.1 Å². The zero-order chi connectivity index (χ0) is 9.97. The van der Waals surface area contributed by atoms with Crippen molar-refractivity contribution in [2.45, 2.75) is 13.0 Å². The van der Waals surface area contributed by atoms with Gasteiger partial charge in [-0.2, -0.15) is 0 Å². The number of rotatable bonds is 2. The van der Waals surface area contributed by atoms with Gasteiger partial charge in [0, 0.05) is 5.56 Å². The first kappa shape index (κ1) is 9.96. The van der Waals surface area contributed by atoms with Crippen LogP contribution in [0.25, 0.3) is 0 Å². The fraction of sp³-hybridized carbons (Fsp3) is 0.400. The maximum Gasteiger partial charge on any atom is 0.189 e. The summed E-state index contributed by atoms with van der Waals surface area (Å²) < 4.78 is 11.6. The van der Waals surface area contributed by atoms with Crippen LogP contribution in [0.15, 0.2) is 16.6 Å². The first-order valence-corrected chi connectivity index (χ1v) is 5.32. The topological polar surface area (TPSA) is 44.5 Å². The van der Waals surface area contributed by atoms with E-state index in [0.29, 0.717) is 19.9 Å². The lowest BCUT2D eigenvalue weighted by Crippen LogP contribution is -2.12. The molecular weight excluding hydrogens is 246 g/mol. The van der Waals surface area contributed by atoms with Gasteiger partial charge < -0.3 is 15.2 Å². The predicted octanol–water partition coefficient (Wildman–Crippen LogP) is 1.82. The van der Waals surface area contributed by atoms with Crippen molar-refractivity contribution in [2.75, 3.05) is 13.3 Å². The molecule has 0 atom stereocenters. The summed E-state index contributed by atoms with van der Waals surface area (Å²) in [6.45, 7) is 1.61. The Bertz CT molecular complexity index is 341. The van der Waals surface area contributed by atoms with Gasteiger partial charge in [-0.3, -0.25) is 0 Å². The number of hydrogen-bond donors (Lipinski definition) is 1. The van der Waals surface area contributed by atoms with E-state index in [1.807, 2.05) is 0 Å². The largest absolute Gasteiger partial charge is 0.466 e. The predicted molar refractivity (Wildman–Crippen MR) is 57.2 cm³/mol. The highest BCUT2D eigenvalue weighted by atomic mass is 79.9. The molecule has 0 spiro atoms. The maximum absolute atomic E-state index is 5.51. The molecule has 0 saturated heterocycles. The lowest BCUT2D eigenvalue weighted by molar-refractivity contribution is -0.0169. The van der Waals surface area contributed by atoms with E-state index in [1.165, 1.54) is 5.56 Å². The highest BCUT2D eigenvalue weighted by Crippen LogP contribution is 2.33. The molecule has 1 aromatic carbocycles. The summed E-state index contributed by atoms with van der Waals surface area (Å²) in [4.78, 5) is 0. The van der Waals surface area contributed by atoms with Crippen molar-refractivity contribution in [1.29, 1.82) is 0 Å². The van der Waals surface area contributed by atoms with Gasteiger partial charge >= 0.3 is 0 Å². The lowest BCUT2D eigenvalue weighted by atomic mass is 10.1. The molecule has 14 heavy (non-hydrogen) atoms. The number of hydrogen-bond acceptors (Lipinski definition) is 3. The van der Waals surface area contributed by atoms with Crippen LogP contribution in [-0.2, 0) is 17.8 Å². The average molecular weight is 258 g/mol. The monoisotopic (exact) mass is 257 g/mol. The first-order chi connectivity index (χ1) is 6.81. The van der Waals surface area contributed by atoms with E-state index in [4.69, 9.17) is 15.2 Å². The molecule has 2 rings (SSSR count). The fourth-order valence-corrected chi connectivity index (χ4v) is 2.21. The number of fused-ring (bicyclic) bond motifs is 1. The molecule has 0 unspecified atom stereocenters. The highest BCUT2D eigenvalue weighted by Gasteiger charge is 2.14. The quantitative estimate of drug-likeness (QED) is 0.879. The molecule has 0 radical (unpaired) electrons. The Morgan fingerprint density at radius 3 is 3.07 bits per heavy atom. The molecule has 1 heterocycles. The molecule has 0 fully saturated rings. The Morgan fingerprint density at radius 2 is 2.29 bits per heavy atom. The second kappa shape index (κ2) is 4.29. The molecule has 0 aliphatic carbocycles. The van der Waals surface area contributed by atoms with Crippen LogP contribution in [-0.4, -0.2) is 13.3 Å². The molecule has 1 aliphatic rings. The summed E-state index contributed by atoms with van der Waals surface area (Å²) in [7, 11) is 0. The summed E-state index contributed by atoms with van der Waals surface area (Å²) in [6, 6.07) is 4.14. The van der Waals surface area contributed by atoms with E-state index in [1.54, 1.807) is 0 Å². The molecule has 0 saturated carbocycles. The van der Waals surface area contributed by atoms with Crippen LogP contribution in [0.5, 0.6) is 5.75 Å². The van der Waals surface area contributed by atoms with Gasteiger partial charge in [0.2, 0.25) is 0 Å². The van der Waals surface area contributed by atoms with Gasteiger partial charge in [-0.05, 0) is 46.6 Å². The minimum Gasteiger partial charge on any atom is -0.466 e. The summed E-state index contributed by atoms with van der Waals surface area (Å²) in [5, 5.41) is 0. The van der Waals surface area contributed by atoms with Crippen LogP contribution >= 0.6 is 15.9 Å². The Kier molecular flexibility index (Phi) is 3.05. The Hall–Kier alpha value is -0.580. The van der Waals surface area contributed by atoms with Gasteiger partial charge in [-0.1, -0.05) is 0 Å². The van der Waals surface area contributed by atoms with Crippen LogP contribution in [0.2, 0.25) is 0 Å². The zero-order valence-corrected chi connectivity index (χ0v) is 9.34. The van der Waals surface area contributed by atoms with Crippen molar-refractivity contribution >= 4 is 15.9 Å². The van der Waals surface area contributed by atoms with E-state index >= 15 is 0 Å². The highest BCUT2D eigenvalue weighted by molar-refractivity contribution is 9.10. The van der Waals surface area contributed by atoms with Gasteiger partial charge in [-0.25, -0.2) is 0 Å². The van der Waals surface area contributed by atoms with Gasteiger partial charge in [0.05, 0.1) is 11.1 Å². The van der Waals surface area contributed by atoms with Gasteiger partial charge in [0.15, 0.2) is 6.79 Å². The van der Waals surface area contributed by atoms with Gasteiger partial charge in [0.25, 0.3) is 0 Å². The second-order valence-corrected chi connectivity index (χ2v) is 4.07. The standard InChI is InChI=1S/C10H12BrNO2/c11-9-4-7(1-2-12)3-8-5-13-6-14-10(8)9/h3-4H,1-2,5-6,12H2. The molecule has 1 aromatic rings. The third-order valence-corrected chi connectivity index (χ3v) is 2.75. The number of halogens is 1. The Balaban J connectivity index is 2.36. The van der Waals surface area contributed by atoms with Crippen LogP contribution in [0, 0.1) is 0 Å². The zero-order valence-electron chi connectivity index (χ0n) is 7.75. The van der Waals surface area contributed by atoms with Crippen LogP contribution < -0.4 is 10.5 Å². The van der Waals surface area contributed by atoms with E-state index in [0.717, 1.165) is 22.2 Å². The molecule has 4 heteroatoms. The van der Waals surface area contributed by atoms with Crippen molar-refractivity contribution in [3.8, 4) is 5.75 Å². The molecule has 76 valence electrons. The van der Waals surface area contributed by atoms with E-state index in [2.05, 4.69) is 28.1 Å². The smallest absolute Gasteiger partial charge is 0.189 e. The summed E-state index contributed by atoms with van der Waals surface area (Å²) in [6.07, 6.45) is 0.881. The van der Waals surface area contributed by atoms with Crippen molar-refractivity contribution in [3.63, 3.8) is 0 Å². The molecular formula is C10H12BrNO2. The summed E-state index contributed by atoms with van der Waals surface area (Å²) in [5.74, 6) is 0.900. The molecule has 1 aliphatic heterocycles. The number of nitrogens with two attached hydrogens (primary N) is 1. The van der Waals surface area contributed by atoms with Crippen molar-refractivity contribution in [2.24, 2.45) is 5.73 Å². The van der Waals surface area contributed by atoms with E-state index < -0.39 is 0 Å². The van der Waals surface area contributed by atoms with Gasteiger partial charge in [-0.15, -0.1) is 0 Å². The fourth-order valence-electron chi connectivity index (χ4n) is 1.54. The minimum atomic E-state index is 0.335. The lowest BCUT2D eigenvalue weighted by Gasteiger charge is -2.19. The first-order valence-electron chi connectivity index (χ1n) is 4.53. The number of ether oxygens (including phenoxy) is 2. The third-order valence-electron chi connectivity index (χ3n) is 2.16. The second-order valence-electron chi connectivity index (χ2n) is 3.22. The maximum atomic E-state index is 5.51. The molecule has 0 bridgehead atoms. The van der Waals surface area contributed by atoms with Gasteiger partial charge in [0.1, 0.15) is 5.75 Å². The Morgan fingerprint density at radius 1 is 1.43 bits per heavy atom.